The van der Waals surface area contributed by atoms with E-state index in [0.29, 0.717) is 0 Å². The molecular weight excluding hydrogens is 449 g/mol. The average Bonchev–Trinajstić information content (AvgIpc) is 2.32. The van der Waals surface area contributed by atoms with Crippen LogP contribution in [0, 0.1) is 0 Å². The smallest absolute Gasteiger partial charge is 0.784 e. The van der Waals surface area contributed by atoms with Crippen LogP contribution in [0.4, 0.5) is 0 Å². The molecule has 0 fully saturated rings. The molecule has 0 aromatic carbocycles. The van der Waals surface area contributed by atoms with Crippen molar-refractivity contribution >= 4 is 35.2 Å². The van der Waals surface area contributed by atoms with Gasteiger partial charge in [0.15, 0.2) is 0 Å². The van der Waals surface area contributed by atoms with Crippen molar-refractivity contribution in [3.63, 3.8) is 0 Å². The van der Waals surface area contributed by atoms with E-state index in [4.69, 9.17) is 23.5 Å². The summed E-state index contributed by atoms with van der Waals surface area (Å²) in [6.07, 6.45) is 0. The molecule has 0 heterocycles. The molecule has 0 atom stereocenters. The summed E-state index contributed by atoms with van der Waals surface area (Å²) in [5.74, 6) is -5.52. The van der Waals surface area contributed by atoms with E-state index in [2.05, 4.69) is 0 Å². The number of aliphatic carboxylic acids is 4. The van der Waals surface area contributed by atoms with Crippen LogP contribution in [0.5, 0.6) is 0 Å². The number of hydrogen-bond donors (Lipinski definition) is 3. The minimum absolute atomic E-state index is 0. The zero-order valence-corrected chi connectivity index (χ0v) is 18.1. The molecule has 0 aliphatic heterocycles. The van der Waals surface area contributed by atoms with Gasteiger partial charge in [-0.25, -0.2) is 0 Å². The van der Waals surface area contributed by atoms with Crippen molar-refractivity contribution in [3.05, 3.63) is 0 Å². The first-order chi connectivity index (χ1) is 10.9. The quantitative estimate of drug-likeness (QED) is 0.189. The third-order valence-electron chi connectivity index (χ3n) is 2.16. The minimum atomic E-state index is -3.11. The van der Waals surface area contributed by atoms with Gasteiger partial charge in [0.25, 0.3) is 0 Å². The number of carbonyl (C=O) groups excluding carboxylic acids is 2. The van der Waals surface area contributed by atoms with Gasteiger partial charge in [-0.1, -0.05) is 0 Å². The maximum absolute atomic E-state index is 10.5. The molecule has 0 aliphatic carbocycles. The fraction of sp³-hybridized carbons (Fsp3) is 0.600. The van der Waals surface area contributed by atoms with E-state index in [0.717, 1.165) is 9.80 Å². The first-order valence-corrected chi connectivity index (χ1v) is 6.98. The van der Waals surface area contributed by atoms with Crippen LogP contribution in [0.25, 0.3) is 0 Å². The Morgan fingerprint density at radius 2 is 1.00 bits per heavy atom. The van der Waals surface area contributed by atoms with Crippen molar-refractivity contribution in [2.45, 2.75) is 0 Å². The Balaban J connectivity index is -0.000000209. The zero-order valence-electron chi connectivity index (χ0n) is 14.2. The summed E-state index contributed by atoms with van der Waals surface area (Å²) in [5.41, 5.74) is 0. The van der Waals surface area contributed by atoms with Crippen molar-refractivity contribution in [2.24, 2.45) is 0 Å². The van der Waals surface area contributed by atoms with Crippen LogP contribution in [-0.4, -0.2) is 96.5 Å². The topological polar surface area (TPSA) is 260 Å². The largest absolute Gasteiger partial charge is 3.00 e. The average molecular weight is 466 g/mol. The Bertz CT molecular complexity index is 413. The van der Waals surface area contributed by atoms with E-state index in [1.165, 1.54) is 0 Å². The van der Waals surface area contributed by atoms with Crippen LogP contribution < -0.4 is 45.9 Å². The number of carboxylic acid groups (broad SMARTS) is 4. The van der Waals surface area contributed by atoms with Crippen LogP contribution in [-0.2, 0) is 47.6 Å². The third-order valence-corrected chi connectivity index (χ3v) is 2.16. The summed E-state index contributed by atoms with van der Waals surface area (Å²) < 4.78 is 25.3. The third kappa shape index (κ3) is 33.4. The van der Waals surface area contributed by atoms with Crippen LogP contribution in [0.1, 0.15) is 0 Å². The number of rotatable bonds is 11. The fourth-order valence-corrected chi connectivity index (χ4v) is 1.46. The molecule has 0 aliphatic rings. The van der Waals surface area contributed by atoms with Gasteiger partial charge in [-0.2, -0.15) is 0 Å². The van der Waals surface area contributed by atoms with E-state index >= 15 is 0 Å². The maximum atomic E-state index is 10.5. The van der Waals surface area contributed by atoms with Crippen molar-refractivity contribution < 1.29 is 99.5 Å². The Hall–Kier alpha value is -0.651. The van der Waals surface area contributed by atoms with Crippen molar-refractivity contribution in [1.82, 2.24) is 16.0 Å². The van der Waals surface area contributed by atoms with Gasteiger partial charge in [-0.05, 0) is 0 Å². The molecule has 0 aromatic heterocycles. The molecular formula is C10H17FeN3NaO11S. The molecule has 17 heteroatoms. The molecule has 0 saturated carbocycles. The van der Waals surface area contributed by atoms with Crippen molar-refractivity contribution in [3.8, 4) is 0 Å². The molecule has 0 saturated heterocycles. The summed E-state index contributed by atoms with van der Waals surface area (Å²) in [6, 6.07) is 0. The molecule has 1 radical (unpaired) electrons. The summed E-state index contributed by atoms with van der Waals surface area (Å²) in [6.45, 7) is -2.75. The fourth-order valence-electron chi connectivity index (χ4n) is 1.46. The SMILES string of the molecule is N.O=C([O-])CN(CCN(CC(=O)O)CC(=O)O)CC(=O)[O-].O=S([O-])[O-].[Fe+3].[Na+]. The second kappa shape index (κ2) is 21.6. The number of carboxylic acids is 4. The summed E-state index contributed by atoms with van der Waals surface area (Å²) in [4.78, 5) is 43.9. The van der Waals surface area contributed by atoms with Gasteiger partial charge in [0, 0.05) is 26.2 Å². The van der Waals surface area contributed by atoms with Gasteiger partial charge in [0.1, 0.15) is 0 Å². The predicted molar refractivity (Wildman–Crippen MR) is 72.9 cm³/mol. The Morgan fingerprint density at radius 1 is 0.778 bits per heavy atom. The Morgan fingerprint density at radius 3 is 1.19 bits per heavy atom. The van der Waals surface area contributed by atoms with Crippen LogP contribution >= 0.6 is 0 Å². The molecule has 0 amide bonds. The van der Waals surface area contributed by atoms with E-state index in [1.54, 1.807) is 0 Å². The first kappa shape index (κ1) is 37.1. The van der Waals surface area contributed by atoms with E-state index < -0.39 is 61.4 Å². The van der Waals surface area contributed by atoms with Gasteiger partial charge >= 0.3 is 58.6 Å². The summed E-state index contributed by atoms with van der Waals surface area (Å²) >= 11 is -3.11. The first-order valence-electron chi connectivity index (χ1n) is 5.98. The Labute approximate surface area is 189 Å². The number of hydrogen-bond acceptors (Lipinski definition) is 12. The van der Waals surface area contributed by atoms with E-state index in [9.17, 15) is 29.4 Å². The molecule has 0 bridgehead atoms. The molecule has 0 unspecified atom stereocenters. The molecule has 0 rings (SSSR count). The normalized spacial score (nSPS) is 9.22. The van der Waals surface area contributed by atoms with Crippen molar-refractivity contribution in [1.29, 1.82) is 0 Å². The van der Waals surface area contributed by atoms with Gasteiger partial charge in [0.2, 0.25) is 0 Å². The van der Waals surface area contributed by atoms with Crippen LogP contribution in [0.2, 0.25) is 0 Å². The second-order valence-electron chi connectivity index (χ2n) is 4.16. The Kier molecular flexibility index (Phi) is 29.8. The standard InChI is InChI=1S/C10H16N2O8.Fe.H3N.Na.H2O3S/c13-7(14)3-11(4-8(15)16)1-2-12(5-9(17)18)6-10(19)20;;;;1-4(2)3/h1-6H2,(H,13,14)(H,15,16)(H,17,18)(H,19,20);;1H3;;(H2,1,2,3)/q;+3;;+1;/p-4. The molecule has 153 valence electrons. The molecule has 14 nitrogen and oxygen atoms in total. The van der Waals surface area contributed by atoms with E-state index in [-0.39, 0.29) is 65.9 Å². The van der Waals surface area contributed by atoms with Gasteiger partial charge < -0.3 is 45.3 Å². The zero-order chi connectivity index (χ0) is 19.3. The van der Waals surface area contributed by atoms with Gasteiger partial charge in [-0.15, -0.1) is 11.4 Å². The second-order valence-corrected chi connectivity index (χ2v) is 4.57. The number of carbonyl (C=O) groups is 4. The number of nitrogens with zero attached hydrogens (tertiary/aromatic N) is 2. The van der Waals surface area contributed by atoms with Crippen molar-refractivity contribution in [2.75, 3.05) is 39.3 Å². The minimum Gasteiger partial charge on any atom is -0.784 e. The predicted octanol–water partition coefficient (Wildman–Crippen LogP) is -8.58. The molecule has 0 aromatic rings. The van der Waals surface area contributed by atoms with Gasteiger partial charge in [-0.3, -0.25) is 23.6 Å². The molecule has 0 spiro atoms. The van der Waals surface area contributed by atoms with Crippen LogP contribution in [0.15, 0.2) is 0 Å². The molecule has 27 heavy (non-hydrogen) atoms. The van der Waals surface area contributed by atoms with Gasteiger partial charge in [0.05, 0.1) is 25.0 Å². The van der Waals surface area contributed by atoms with E-state index in [1.807, 2.05) is 0 Å². The van der Waals surface area contributed by atoms with Crippen LogP contribution in [0.3, 0.4) is 0 Å². The monoisotopic (exact) mass is 466 g/mol. The maximum Gasteiger partial charge on any atom is 3.00 e. The summed E-state index contributed by atoms with van der Waals surface area (Å²) in [7, 11) is 0. The molecule has 5 N–H and O–H groups in total. The summed E-state index contributed by atoms with van der Waals surface area (Å²) in [5, 5.41) is 38.0.